The minimum absolute atomic E-state index is 0.299. The molecule has 0 atom stereocenters. The largest absolute Gasteiger partial charge is 0.336 e. The summed E-state index contributed by atoms with van der Waals surface area (Å²) in [6.07, 6.45) is 4.80. The SMILES string of the molecule is Cc1nn(C)cc1Nc1cnc(C#N)cn1. The van der Waals surface area contributed by atoms with Gasteiger partial charge in [-0.05, 0) is 6.92 Å². The summed E-state index contributed by atoms with van der Waals surface area (Å²) in [6.45, 7) is 1.90. The molecule has 0 aliphatic rings. The van der Waals surface area contributed by atoms with Gasteiger partial charge in [0.15, 0.2) is 5.69 Å². The second-order valence-electron chi connectivity index (χ2n) is 3.33. The molecule has 0 saturated carbocycles. The van der Waals surface area contributed by atoms with Crippen LogP contribution in [0.3, 0.4) is 0 Å². The number of nitrogens with one attached hydrogen (secondary N) is 1. The second kappa shape index (κ2) is 3.98. The lowest BCUT2D eigenvalue weighted by Gasteiger charge is -2.02. The highest BCUT2D eigenvalue weighted by Gasteiger charge is 2.04. The fourth-order valence-corrected chi connectivity index (χ4v) is 1.31. The van der Waals surface area contributed by atoms with E-state index in [4.69, 9.17) is 5.26 Å². The third-order valence-corrected chi connectivity index (χ3v) is 2.04. The molecule has 2 aromatic rings. The zero-order valence-electron chi connectivity index (χ0n) is 8.97. The first-order valence-electron chi connectivity index (χ1n) is 4.68. The molecule has 6 nitrogen and oxygen atoms in total. The Kier molecular flexibility index (Phi) is 2.52. The van der Waals surface area contributed by atoms with Gasteiger partial charge in [0.05, 0.1) is 23.8 Å². The number of hydrogen-bond acceptors (Lipinski definition) is 5. The molecule has 0 spiro atoms. The van der Waals surface area contributed by atoms with Crippen LogP contribution in [0.5, 0.6) is 0 Å². The number of aryl methyl sites for hydroxylation is 2. The van der Waals surface area contributed by atoms with E-state index in [2.05, 4.69) is 20.4 Å². The summed E-state index contributed by atoms with van der Waals surface area (Å²) in [6, 6.07) is 1.92. The van der Waals surface area contributed by atoms with Gasteiger partial charge in [-0.2, -0.15) is 10.4 Å². The Morgan fingerprint density at radius 3 is 2.69 bits per heavy atom. The lowest BCUT2D eigenvalue weighted by Crippen LogP contribution is -1.95. The van der Waals surface area contributed by atoms with Crippen molar-refractivity contribution in [3.05, 3.63) is 30.0 Å². The summed E-state index contributed by atoms with van der Waals surface area (Å²) in [4.78, 5) is 7.98. The normalized spacial score (nSPS) is 9.81. The molecule has 2 heterocycles. The Labute approximate surface area is 92.6 Å². The molecule has 0 fully saturated rings. The molecule has 0 amide bonds. The van der Waals surface area contributed by atoms with Crippen LogP contribution in [-0.4, -0.2) is 19.7 Å². The standard InChI is InChI=1S/C10H10N6/c1-7-9(6-16(2)15-7)14-10-5-12-8(3-11)4-13-10/h4-6H,1-2H3,(H,13,14). The van der Waals surface area contributed by atoms with Crippen molar-refractivity contribution in [3.8, 4) is 6.07 Å². The van der Waals surface area contributed by atoms with Gasteiger partial charge in [-0.25, -0.2) is 9.97 Å². The topological polar surface area (TPSA) is 79.4 Å². The average Bonchev–Trinajstić information content (AvgIpc) is 2.59. The lowest BCUT2D eigenvalue weighted by molar-refractivity contribution is 0.756. The first-order chi connectivity index (χ1) is 7.69. The van der Waals surface area contributed by atoms with Gasteiger partial charge in [0, 0.05) is 13.2 Å². The zero-order valence-corrected chi connectivity index (χ0v) is 8.97. The maximum atomic E-state index is 8.58. The monoisotopic (exact) mass is 214 g/mol. The minimum Gasteiger partial charge on any atom is -0.336 e. The van der Waals surface area contributed by atoms with Crippen molar-refractivity contribution in [1.29, 1.82) is 5.26 Å². The van der Waals surface area contributed by atoms with Gasteiger partial charge in [0.2, 0.25) is 0 Å². The van der Waals surface area contributed by atoms with Gasteiger partial charge in [0.25, 0.3) is 0 Å². The predicted octanol–water partition coefficient (Wildman–Crippen LogP) is 1.13. The summed E-state index contributed by atoms with van der Waals surface area (Å²) in [5, 5.41) is 15.9. The first kappa shape index (κ1) is 10.1. The summed E-state index contributed by atoms with van der Waals surface area (Å²) in [7, 11) is 1.85. The molecule has 0 bridgehead atoms. The molecule has 0 aromatic carbocycles. The quantitative estimate of drug-likeness (QED) is 0.810. The fraction of sp³-hybridized carbons (Fsp3) is 0.200. The molecule has 1 N–H and O–H groups in total. The molecular formula is C10H10N6. The van der Waals surface area contributed by atoms with Crippen molar-refractivity contribution in [2.75, 3.05) is 5.32 Å². The number of anilines is 2. The van der Waals surface area contributed by atoms with Crippen LogP contribution in [0.1, 0.15) is 11.4 Å². The molecule has 16 heavy (non-hydrogen) atoms. The molecule has 2 rings (SSSR count). The van der Waals surface area contributed by atoms with Gasteiger partial charge >= 0.3 is 0 Å². The summed E-state index contributed by atoms with van der Waals surface area (Å²) >= 11 is 0. The van der Waals surface area contributed by atoms with Crippen LogP contribution in [0.25, 0.3) is 0 Å². The lowest BCUT2D eigenvalue weighted by atomic mass is 10.4. The number of rotatable bonds is 2. The minimum atomic E-state index is 0.299. The molecule has 0 saturated heterocycles. The summed E-state index contributed by atoms with van der Waals surface area (Å²) in [5.74, 6) is 0.593. The van der Waals surface area contributed by atoms with Crippen molar-refractivity contribution in [3.63, 3.8) is 0 Å². The van der Waals surface area contributed by atoms with E-state index in [-0.39, 0.29) is 0 Å². The number of nitriles is 1. The van der Waals surface area contributed by atoms with Crippen molar-refractivity contribution in [2.45, 2.75) is 6.92 Å². The van der Waals surface area contributed by atoms with E-state index in [9.17, 15) is 0 Å². The van der Waals surface area contributed by atoms with Crippen molar-refractivity contribution in [1.82, 2.24) is 19.7 Å². The van der Waals surface area contributed by atoms with Crippen LogP contribution in [0, 0.1) is 18.3 Å². The Balaban J connectivity index is 2.21. The fourth-order valence-electron chi connectivity index (χ4n) is 1.31. The second-order valence-corrected chi connectivity index (χ2v) is 3.33. The van der Waals surface area contributed by atoms with Crippen LogP contribution >= 0.6 is 0 Å². The predicted molar refractivity (Wildman–Crippen MR) is 58.0 cm³/mol. The van der Waals surface area contributed by atoms with E-state index in [1.54, 1.807) is 4.68 Å². The van der Waals surface area contributed by atoms with Gasteiger partial charge in [-0.1, -0.05) is 0 Å². The average molecular weight is 214 g/mol. The van der Waals surface area contributed by atoms with E-state index in [0.29, 0.717) is 11.5 Å². The third kappa shape index (κ3) is 1.98. The number of aromatic nitrogens is 4. The maximum Gasteiger partial charge on any atom is 0.158 e. The molecule has 2 aromatic heterocycles. The van der Waals surface area contributed by atoms with Gasteiger partial charge in [-0.15, -0.1) is 0 Å². The Morgan fingerprint density at radius 1 is 1.38 bits per heavy atom. The Bertz CT molecular complexity index is 533. The van der Waals surface area contributed by atoms with Crippen LogP contribution in [0.4, 0.5) is 11.5 Å². The van der Waals surface area contributed by atoms with Gasteiger partial charge < -0.3 is 5.32 Å². The molecule has 6 heteroatoms. The van der Waals surface area contributed by atoms with Crippen molar-refractivity contribution < 1.29 is 0 Å². The van der Waals surface area contributed by atoms with E-state index < -0.39 is 0 Å². The van der Waals surface area contributed by atoms with Gasteiger partial charge in [0.1, 0.15) is 11.9 Å². The Morgan fingerprint density at radius 2 is 2.19 bits per heavy atom. The van der Waals surface area contributed by atoms with Crippen LogP contribution < -0.4 is 5.32 Å². The van der Waals surface area contributed by atoms with E-state index in [1.165, 1.54) is 12.4 Å². The smallest absolute Gasteiger partial charge is 0.158 e. The summed E-state index contributed by atoms with van der Waals surface area (Å²) < 4.78 is 1.72. The van der Waals surface area contributed by atoms with Gasteiger partial charge in [-0.3, -0.25) is 4.68 Å². The molecular weight excluding hydrogens is 204 g/mol. The molecule has 0 unspecified atom stereocenters. The van der Waals surface area contributed by atoms with Crippen LogP contribution in [0.2, 0.25) is 0 Å². The van der Waals surface area contributed by atoms with E-state index >= 15 is 0 Å². The number of nitrogens with zero attached hydrogens (tertiary/aromatic N) is 5. The highest BCUT2D eigenvalue weighted by atomic mass is 15.3. The first-order valence-corrected chi connectivity index (χ1v) is 4.68. The van der Waals surface area contributed by atoms with Crippen molar-refractivity contribution in [2.24, 2.45) is 7.05 Å². The molecule has 80 valence electrons. The van der Waals surface area contributed by atoms with E-state index in [1.807, 2.05) is 26.2 Å². The highest BCUT2D eigenvalue weighted by Crippen LogP contribution is 2.16. The molecule has 0 aliphatic heterocycles. The van der Waals surface area contributed by atoms with E-state index in [0.717, 1.165) is 11.4 Å². The van der Waals surface area contributed by atoms with Crippen LogP contribution in [0.15, 0.2) is 18.6 Å². The van der Waals surface area contributed by atoms with Crippen molar-refractivity contribution >= 4 is 11.5 Å². The summed E-state index contributed by atoms with van der Waals surface area (Å²) in [5.41, 5.74) is 2.06. The molecule has 0 radical (unpaired) electrons. The number of hydrogen-bond donors (Lipinski definition) is 1. The third-order valence-electron chi connectivity index (χ3n) is 2.04. The highest BCUT2D eigenvalue weighted by molar-refractivity contribution is 5.56. The maximum absolute atomic E-state index is 8.58. The molecule has 0 aliphatic carbocycles. The Hall–Kier alpha value is -2.42. The van der Waals surface area contributed by atoms with Crippen LogP contribution in [-0.2, 0) is 7.05 Å². The zero-order chi connectivity index (χ0) is 11.5.